The monoisotopic (exact) mass is 425 g/mol. The van der Waals surface area contributed by atoms with E-state index in [1.807, 2.05) is 47.2 Å². The van der Waals surface area contributed by atoms with Crippen LogP contribution in [0.3, 0.4) is 0 Å². The zero-order valence-electron chi connectivity index (χ0n) is 15.3. The summed E-state index contributed by atoms with van der Waals surface area (Å²) in [6.07, 6.45) is 1.91. The minimum atomic E-state index is -0.238. The first-order valence-corrected chi connectivity index (χ1v) is 9.75. The van der Waals surface area contributed by atoms with Crippen molar-refractivity contribution in [3.05, 3.63) is 82.5 Å². The average Bonchev–Trinajstić information content (AvgIpc) is 3.15. The van der Waals surface area contributed by atoms with Crippen molar-refractivity contribution < 1.29 is 9.90 Å². The Morgan fingerprint density at radius 2 is 1.93 bits per heavy atom. The van der Waals surface area contributed by atoms with Crippen molar-refractivity contribution in [3.63, 3.8) is 0 Å². The maximum absolute atomic E-state index is 12.2. The second-order valence-electron chi connectivity index (χ2n) is 6.45. The number of benzene rings is 2. The number of fused-ring (bicyclic) bond motifs is 1. The molecule has 2 aromatic carbocycles. The number of hydrogen-bond acceptors (Lipinski definition) is 3. The smallest absolute Gasteiger partial charge is 0.251 e. The zero-order valence-corrected chi connectivity index (χ0v) is 16.8. The molecule has 0 radical (unpaired) electrons. The van der Waals surface area contributed by atoms with Crippen LogP contribution >= 0.6 is 23.2 Å². The normalized spacial score (nSPS) is 11.0. The second kappa shape index (κ2) is 8.25. The molecule has 146 valence electrons. The molecule has 4 aromatic rings. The summed E-state index contributed by atoms with van der Waals surface area (Å²) < 4.78 is 1.91. The largest absolute Gasteiger partial charge is 0.395 e. The third-order valence-electron chi connectivity index (χ3n) is 4.52. The number of carbonyl (C=O) groups is 1. The standard InChI is InChI=1S/C22H17Cl2N3O2/c23-17-5-7-20(18(24)13-17)27-10-8-14-4-6-19(26-21(14)27)15-2-1-3-16(12-15)22(29)25-9-11-28/h1-8,10,12-13,28H,9,11H2,(H,25,29). The first kappa shape index (κ1) is 19.5. The molecule has 2 heterocycles. The molecular formula is C22H17Cl2N3O2. The number of hydrogen-bond donors (Lipinski definition) is 2. The minimum absolute atomic E-state index is 0.103. The fourth-order valence-electron chi connectivity index (χ4n) is 3.13. The Labute approximate surface area is 177 Å². The number of nitrogens with zero attached hydrogens (tertiary/aromatic N) is 2. The highest BCUT2D eigenvalue weighted by atomic mass is 35.5. The molecule has 0 atom stereocenters. The van der Waals surface area contributed by atoms with E-state index in [0.717, 1.165) is 28.0 Å². The lowest BCUT2D eigenvalue weighted by Gasteiger charge is -2.09. The lowest BCUT2D eigenvalue weighted by molar-refractivity contribution is 0.0945. The zero-order chi connectivity index (χ0) is 20.4. The van der Waals surface area contributed by atoms with Crippen LogP contribution in [0.4, 0.5) is 0 Å². The van der Waals surface area contributed by atoms with Gasteiger partial charge in [-0.3, -0.25) is 9.36 Å². The van der Waals surface area contributed by atoms with Gasteiger partial charge in [-0.2, -0.15) is 0 Å². The fourth-order valence-corrected chi connectivity index (χ4v) is 3.63. The molecule has 0 saturated carbocycles. The van der Waals surface area contributed by atoms with Gasteiger partial charge in [-0.1, -0.05) is 35.3 Å². The number of rotatable bonds is 5. The summed E-state index contributed by atoms with van der Waals surface area (Å²) in [6.45, 7) is 0.108. The van der Waals surface area contributed by atoms with Gasteiger partial charge < -0.3 is 10.4 Å². The summed E-state index contributed by atoms with van der Waals surface area (Å²) in [7, 11) is 0. The molecule has 0 fully saturated rings. The van der Waals surface area contributed by atoms with Gasteiger partial charge in [0.2, 0.25) is 0 Å². The molecule has 0 bridgehead atoms. The van der Waals surface area contributed by atoms with Crippen molar-refractivity contribution in [2.45, 2.75) is 0 Å². The van der Waals surface area contributed by atoms with E-state index < -0.39 is 0 Å². The molecular weight excluding hydrogens is 409 g/mol. The van der Waals surface area contributed by atoms with Crippen LogP contribution in [0, 0.1) is 0 Å². The summed E-state index contributed by atoms with van der Waals surface area (Å²) in [5.41, 5.74) is 3.60. The third kappa shape index (κ3) is 3.98. The van der Waals surface area contributed by atoms with Crippen molar-refractivity contribution >= 4 is 40.1 Å². The predicted molar refractivity (Wildman–Crippen MR) is 116 cm³/mol. The van der Waals surface area contributed by atoms with Crippen LogP contribution in [0.25, 0.3) is 28.0 Å². The maximum atomic E-state index is 12.2. The molecule has 2 aromatic heterocycles. The molecule has 0 unspecified atom stereocenters. The van der Waals surface area contributed by atoms with Crippen LogP contribution in [0.2, 0.25) is 10.0 Å². The fraction of sp³-hybridized carbons (Fsp3) is 0.0909. The number of nitrogens with one attached hydrogen (secondary N) is 1. The SMILES string of the molecule is O=C(NCCO)c1cccc(-c2ccc3ccn(-c4ccc(Cl)cc4Cl)c3n2)c1. The van der Waals surface area contributed by atoms with Crippen LogP contribution in [-0.4, -0.2) is 33.7 Å². The van der Waals surface area contributed by atoms with Crippen LogP contribution in [0.15, 0.2) is 66.9 Å². The highest BCUT2D eigenvalue weighted by Gasteiger charge is 2.12. The van der Waals surface area contributed by atoms with Gasteiger partial charge in [-0.15, -0.1) is 0 Å². The number of aliphatic hydroxyl groups is 1. The van der Waals surface area contributed by atoms with Crippen molar-refractivity contribution in [3.8, 4) is 16.9 Å². The van der Waals surface area contributed by atoms with Gasteiger partial charge in [-0.25, -0.2) is 4.98 Å². The molecule has 5 nitrogen and oxygen atoms in total. The number of halogens is 2. The van der Waals surface area contributed by atoms with Gasteiger partial charge in [0.1, 0.15) is 5.65 Å². The lowest BCUT2D eigenvalue weighted by Crippen LogP contribution is -2.26. The Kier molecular flexibility index (Phi) is 5.53. The van der Waals surface area contributed by atoms with Crippen molar-refractivity contribution in [1.82, 2.24) is 14.9 Å². The van der Waals surface area contributed by atoms with Crippen LogP contribution in [0.5, 0.6) is 0 Å². The van der Waals surface area contributed by atoms with Gasteiger partial charge in [0.05, 0.1) is 23.0 Å². The van der Waals surface area contributed by atoms with Crippen molar-refractivity contribution in [2.75, 3.05) is 13.2 Å². The van der Waals surface area contributed by atoms with E-state index in [0.29, 0.717) is 15.6 Å². The molecule has 0 spiro atoms. The van der Waals surface area contributed by atoms with Crippen molar-refractivity contribution in [1.29, 1.82) is 0 Å². The number of aliphatic hydroxyl groups excluding tert-OH is 1. The molecule has 0 aliphatic heterocycles. The molecule has 7 heteroatoms. The lowest BCUT2D eigenvalue weighted by atomic mass is 10.1. The second-order valence-corrected chi connectivity index (χ2v) is 7.29. The Hall–Kier alpha value is -2.86. The first-order chi connectivity index (χ1) is 14.1. The van der Waals surface area contributed by atoms with Gasteiger partial charge >= 0.3 is 0 Å². The Bertz CT molecular complexity index is 1200. The predicted octanol–water partition coefficient (Wildman–Crippen LogP) is 4.72. The van der Waals surface area contributed by atoms with Gasteiger partial charge in [0.15, 0.2) is 0 Å². The first-order valence-electron chi connectivity index (χ1n) is 9.00. The van der Waals surface area contributed by atoms with E-state index in [2.05, 4.69) is 5.32 Å². The van der Waals surface area contributed by atoms with E-state index in [-0.39, 0.29) is 19.1 Å². The quantitative estimate of drug-likeness (QED) is 0.485. The summed E-state index contributed by atoms with van der Waals surface area (Å²) in [5, 5.41) is 13.6. The van der Waals surface area contributed by atoms with E-state index in [9.17, 15) is 4.79 Å². The highest BCUT2D eigenvalue weighted by Crippen LogP contribution is 2.29. The highest BCUT2D eigenvalue weighted by molar-refractivity contribution is 6.35. The van der Waals surface area contributed by atoms with E-state index >= 15 is 0 Å². The number of carbonyl (C=O) groups excluding carboxylic acids is 1. The molecule has 4 rings (SSSR count). The molecule has 1 amide bonds. The van der Waals surface area contributed by atoms with Gasteiger partial charge in [0.25, 0.3) is 5.91 Å². The maximum Gasteiger partial charge on any atom is 0.251 e. The van der Waals surface area contributed by atoms with Crippen LogP contribution < -0.4 is 5.32 Å². The molecule has 29 heavy (non-hydrogen) atoms. The van der Waals surface area contributed by atoms with E-state index in [1.54, 1.807) is 24.3 Å². The van der Waals surface area contributed by atoms with Crippen LogP contribution in [-0.2, 0) is 0 Å². The number of pyridine rings is 1. The summed E-state index contributed by atoms with van der Waals surface area (Å²) >= 11 is 12.4. The number of amides is 1. The van der Waals surface area contributed by atoms with Crippen LogP contribution in [0.1, 0.15) is 10.4 Å². The Morgan fingerprint density at radius 1 is 1.07 bits per heavy atom. The Balaban J connectivity index is 1.76. The molecule has 0 aliphatic rings. The number of aromatic nitrogens is 2. The molecule has 0 aliphatic carbocycles. The van der Waals surface area contributed by atoms with E-state index in [1.165, 1.54) is 0 Å². The van der Waals surface area contributed by atoms with Gasteiger partial charge in [-0.05, 0) is 48.5 Å². The summed E-state index contributed by atoms with van der Waals surface area (Å²) in [5.74, 6) is -0.238. The molecule has 0 saturated heterocycles. The van der Waals surface area contributed by atoms with E-state index in [4.69, 9.17) is 33.3 Å². The average molecular weight is 426 g/mol. The third-order valence-corrected chi connectivity index (χ3v) is 5.06. The summed E-state index contributed by atoms with van der Waals surface area (Å²) in [6, 6.07) is 18.4. The molecule has 2 N–H and O–H groups in total. The summed E-state index contributed by atoms with van der Waals surface area (Å²) in [4.78, 5) is 17.0. The van der Waals surface area contributed by atoms with Crippen molar-refractivity contribution in [2.24, 2.45) is 0 Å². The topological polar surface area (TPSA) is 67.2 Å². The minimum Gasteiger partial charge on any atom is -0.395 e. The Morgan fingerprint density at radius 3 is 2.72 bits per heavy atom. The van der Waals surface area contributed by atoms with Gasteiger partial charge in [0, 0.05) is 34.3 Å².